The molecule has 86 valence electrons. The minimum atomic E-state index is -0.0689. The lowest BCUT2D eigenvalue weighted by Crippen LogP contribution is -2.16. The summed E-state index contributed by atoms with van der Waals surface area (Å²) >= 11 is 0. The van der Waals surface area contributed by atoms with E-state index in [1.54, 1.807) is 0 Å². The summed E-state index contributed by atoms with van der Waals surface area (Å²) in [6.45, 7) is 2.35. The quantitative estimate of drug-likeness (QED) is 0.663. The Hall–Kier alpha value is -1.87. The Balaban J connectivity index is 2.26. The summed E-state index contributed by atoms with van der Waals surface area (Å²) in [6, 6.07) is 8.29. The number of H-pyrrole nitrogens is 1. The molecule has 3 N–H and O–H groups in total. The number of hydrogen-bond donors (Lipinski definition) is 2. The third-order valence-electron chi connectivity index (χ3n) is 3.34. The van der Waals surface area contributed by atoms with E-state index in [2.05, 4.69) is 30.1 Å². The highest BCUT2D eigenvalue weighted by Crippen LogP contribution is 2.34. The first-order valence-electron chi connectivity index (χ1n) is 5.74. The van der Waals surface area contributed by atoms with Gasteiger partial charge in [-0.15, -0.1) is 0 Å². The van der Waals surface area contributed by atoms with Crippen LogP contribution in [0.2, 0.25) is 0 Å². The van der Waals surface area contributed by atoms with E-state index in [9.17, 15) is 4.79 Å². The van der Waals surface area contributed by atoms with Crippen LogP contribution in [0.3, 0.4) is 0 Å². The standard InChI is InChI=1S/C14H14N2O/c1-8-2-3-9-5-10-6-11(7-15)14(17)16-13(10)12(9)4-8/h2-4,6H,5,7,15H2,1H3,(H,16,17). The molecule has 17 heavy (non-hydrogen) atoms. The van der Waals surface area contributed by atoms with Gasteiger partial charge in [0.25, 0.3) is 5.56 Å². The lowest BCUT2D eigenvalue weighted by molar-refractivity contribution is 1.01. The minimum Gasteiger partial charge on any atom is -0.326 e. The lowest BCUT2D eigenvalue weighted by Gasteiger charge is -2.03. The third-order valence-corrected chi connectivity index (χ3v) is 3.34. The maximum atomic E-state index is 11.8. The fraction of sp³-hybridized carbons (Fsp3) is 0.214. The van der Waals surface area contributed by atoms with Crippen molar-refractivity contribution in [1.29, 1.82) is 0 Å². The van der Waals surface area contributed by atoms with Crippen LogP contribution in [-0.4, -0.2) is 4.98 Å². The van der Waals surface area contributed by atoms with Crippen LogP contribution >= 0.6 is 0 Å². The molecule has 1 aliphatic rings. The highest BCUT2D eigenvalue weighted by atomic mass is 16.1. The summed E-state index contributed by atoms with van der Waals surface area (Å²) in [6.07, 6.45) is 0.884. The molecular weight excluding hydrogens is 212 g/mol. The van der Waals surface area contributed by atoms with Crippen molar-refractivity contribution in [2.45, 2.75) is 19.9 Å². The van der Waals surface area contributed by atoms with E-state index in [0.29, 0.717) is 5.56 Å². The average molecular weight is 226 g/mol. The normalized spacial score (nSPS) is 12.4. The van der Waals surface area contributed by atoms with Crippen LogP contribution in [0.1, 0.15) is 22.3 Å². The van der Waals surface area contributed by atoms with E-state index >= 15 is 0 Å². The summed E-state index contributed by atoms with van der Waals surface area (Å²) in [7, 11) is 0. The number of fused-ring (bicyclic) bond motifs is 3. The second kappa shape index (κ2) is 3.57. The molecule has 1 heterocycles. The van der Waals surface area contributed by atoms with Crippen molar-refractivity contribution in [3.63, 3.8) is 0 Å². The van der Waals surface area contributed by atoms with Gasteiger partial charge in [-0.2, -0.15) is 0 Å². The molecule has 0 amide bonds. The van der Waals surface area contributed by atoms with Gasteiger partial charge >= 0.3 is 0 Å². The predicted molar refractivity (Wildman–Crippen MR) is 67.9 cm³/mol. The van der Waals surface area contributed by atoms with Crippen LogP contribution in [-0.2, 0) is 13.0 Å². The average Bonchev–Trinajstić information content (AvgIpc) is 2.65. The molecule has 0 spiro atoms. The minimum absolute atomic E-state index is 0.0689. The first kappa shape index (κ1) is 10.3. The number of benzene rings is 1. The molecule has 0 aliphatic heterocycles. The van der Waals surface area contributed by atoms with Gasteiger partial charge in [0.15, 0.2) is 0 Å². The SMILES string of the molecule is Cc1ccc2c(c1)-c1[nH]c(=O)c(CN)cc1C2. The molecule has 0 saturated carbocycles. The molecule has 1 aromatic heterocycles. The van der Waals surface area contributed by atoms with Gasteiger partial charge in [0.2, 0.25) is 0 Å². The number of aryl methyl sites for hydroxylation is 1. The third kappa shape index (κ3) is 1.51. The van der Waals surface area contributed by atoms with Crippen molar-refractivity contribution >= 4 is 0 Å². The van der Waals surface area contributed by atoms with E-state index in [4.69, 9.17) is 5.73 Å². The largest absolute Gasteiger partial charge is 0.326 e. The molecule has 3 nitrogen and oxygen atoms in total. The number of nitrogens with one attached hydrogen (secondary N) is 1. The maximum absolute atomic E-state index is 11.8. The summed E-state index contributed by atoms with van der Waals surface area (Å²) < 4.78 is 0. The predicted octanol–water partition coefficient (Wildman–Crippen LogP) is 1.71. The van der Waals surface area contributed by atoms with Gasteiger partial charge in [0, 0.05) is 24.1 Å². The first-order chi connectivity index (χ1) is 8.19. The zero-order valence-electron chi connectivity index (χ0n) is 9.71. The van der Waals surface area contributed by atoms with Gasteiger partial charge in [-0.1, -0.05) is 17.7 Å². The van der Waals surface area contributed by atoms with Gasteiger partial charge in [-0.3, -0.25) is 4.79 Å². The molecular formula is C14H14N2O. The number of aromatic nitrogens is 1. The monoisotopic (exact) mass is 226 g/mol. The highest BCUT2D eigenvalue weighted by molar-refractivity contribution is 5.74. The maximum Gasteiger partial charge on any atom is 0.252 e. The van der Waals surface area contributed by atoms with Crippen molar-refractivity contribution in [1.82, 2.24) is 4.98 Å². The highest BCUT2D eigenvalue weighted by Gasteiger charge is 2.20. The molecule has 2 aromatic rings. The van der Waals surface area contributed by atoms with Crippen LogP contribution < -0.4 is 11.3 Å². The Kier molecular flexibility index (Phi) is 2.16. The van der Waals surface area contributed by atoms with Gasteiger partial charge in [-0.25, -0.2) is 0 Å². The second-order valence-corrected chi connectivity index (χ2v) is 4.57. The molecule has 0 atom stereocenters. The zero-order valence-corrected chi connectivity index (χ0v) is 9.71. The van der Waals surface area contributed by atoms with Crippen LogP contribution in [0, 0.1) is 6.92 Å². The number of pyridine rings is 1. The van der Waals surface area contributed by atoms with Gasteiger partial charge in [0.05, 0.1) is 5.69 Å². The van der Waals surface area contributed by atoms with E-state index in [0.717, 1.165) is 17.7 Å². The first-order valence-corrected chi connectivity index (χ1v) is 5.74. The van der Waals surface area contributed by atoms with Crippen molar-refractivity contribution in [3.05, 3.63) is 56.9 Å². The molecule has 0 saturated heterocycles. The summed E-state index contributed by atoms with van der Waals surface area (Å²) in [5.41, 5.74) is 11.9. The van der Waals surface area contributed by atoms with Crippen molar-refractivity contribution in [2.24, 2.45) is 5.73 Å². The Morgan fingerprint density at radius 1 is 1.29 bits per heavy atom. The fourth-order valence-corrected chi connectivity index (χ4v) is 2.44. The van der Waals surface area contributed by atoms with E-state index in [1.165, 1.54) is 16.7 Å². The Morgan fingerprint density at radius 2 is 2.12 bits per heavy atom. The molecule has 0 bridgehead atoms. The van der Waals surface area contributed by atoms with Gasteiger partial charge < -0.3 is 10.7 Å². The van der Waals surface area contributed by atoms with E-state index in [1.807, 2.05) is 6.07 Å². The number of aromatic amines is 1. The van der Waals surface area contributed by atoms with Gasteiger partial charge in [-0.05, 0) is 30.2 Å². The van der Waals surface area contributed by atoms with Crippen LogP contribution in [0.5, 0.6) is 0 Å². The van der Waals surface area contributed by atoms with E-state index in [-0.39, 0.29) is 12.1 Å². The summed E-state index contributed by atoms with van der Waals surface area (Å²) in [5, 5.41) is 0. The van der Waals surface area contributed by atoms with Crippen LogP contribution in [0.4, 0.5) is 0 Å². The number of rotatable bonds is 1. The van der Waals surface area contributed by atoms with Crippen molar-refractivity contribution in [2.75, 3.05) is 0 Å². The molecule has 0 fully saturated rings. The Morgan fingerprint density at radius 3 is 2.88 bits per heavy atom. The summed E-state index contributed by atoms with van der Waals surface area (Å²) in [5.74, 6) is 0. The Bertz CT molecular complexity index is 656. The molecule has 0 radical (unpaired) electrons. The van der Waals surface area contributed by atoms with Crippen molar-refractivity contribution < 1.29 is 0 Å². The van der Waals surface area contributed by atoms with E-state index < -0.39 is 0 Å². The summed E-state index contributed by atoms with van der Waals surface area (Å²) in [4.78, 5) is 14.7. The zero-order chi connectivity index (χ0) is 12.0. The van der Waals surface area contributed by atoms with Gasteiger partial charge in [0.1, 0.15) is 0 Å². The second-order valence-electron chi connectivity index (χ2n) is 4.57. The van der Waals surface area contributed by atoms with Crippen LogP contribution in [0.15, 0.2) is 29.1 Å². The smallest absolute Gasteiger partial charge is 0.252 e. The molecule has 1 aromatic carbocycles. The molecule has 3 rings (SSSR count). The molecule has 3 heteroatoms. The molecule has 0 unspecified atom stereocenters. The van der Waals surface area contributed by atoms with Crippen molar-refractivity contribution in [3.8, 4) is 11.3 Å². The number of hydrogen-bond acceptors (Lipinski definition) is 2. The fourth-order valence-electron chi connectivity index (χ4n) is 2.44. The van der Waals surface area contributed by atoms with Crippen LogP contribution in [0.25, 0.3) is 11.3 Å². The number of nitrogens with two attached hydrogens (primary N) is 1. The topological polar surface area (TPSA) is 58.9 Å². The lowest BCUT2D eigenvalue weighted by atomic mass is 10.1. The Labute approximate surface area is 99.3 Å². The molecule has 1 aliphatic carbocycles.